The molecular formula is C21H28N4O4S. The quantitative estimate of drug-likeness (QED) is 0.530. The minimum Gasteiger partial charge on any atom is -0.352 e. The van der Waals surface area contributed by atoms with Gasteiger partial charge in [0, 0.05) is 33.1 Å². The first kappa shape index (κ1) is 23.4. The Balaban J connectivity index is 1.68. The number of sulfonamides is 1. The van der Waals surface area contributed by atoms with Crippen LogP contribution in [0.15, 0.2) is 54.6 Å². The zero-order chi connectivity index (χ0) is 22.0. The lowest BCUT2D eigenvalue weighted by Crippen LogP contribution is -2.38. The highest BCUT2D eigenvalue weighted by Gasteiger charge is 2.10. The van der Waals surface area contributed by atoms with Gasteiger partial charge in [-0.2, -0.15) is 0 Å². The van der Waals surface area contributed by atoms with Crippen molar-refractivity contribution in [3.05, 3.63) is 71.3 Å². The predicted octanol–water partition coefficient (Wildman–Crippen LogP) is 1.58. The average Bonchev–Trinajstić information content (AvgIpc) is 2.73. The van der Waals surface area contributed by atoms with E-state index in [1.165, 1.54) is 7.05 Å². The third kappa shape index (κ3) is 8.22. The van der Waals surface area contributed by atoms with E-state index in [1.807, 2.05) is 30.3 Å². The van der Waals surface area contributed by atoms with Crippen molar-refractivity contribution in [2.45, 2.75) is 25.3 Å². The molecule has 30 heavy (non-hydrogen) atoms. The lowest BCUT2D eigenvalue weighted by atomic mass is 10.1. The molecule has 0 aliphatic rings. The summed E-state index contributed by atoms with van der Waals surface area (Å²) in [7, 11) is -0.230. The molecule has 0 aliphatic carbocycles. The standard InChI is InChI=1S/C21H28N4O4S/c1-22-30(28,29)16-19-10-8-17(9-11-19)14-24-20(26)12-13-23-21(27)25(2)15-18-6-4-3-5-7-18/h3-11,22H,12-16H2,1-2H3,(H,23,27)(H,24,26). The molecule has 0 unspecified atom stereocenters. The number of benzene rings is 2. The van der Waals surface area contributed by atoms with Crippen LogP contribution >= 0.6 is 0 Å². The molecule has 8 nitrogen and oxygen atoms in total. The number of hydrogen-bond donors (Lipinski definition) is 3. The molecular weight excluding hydrogens is 404 g/mol. The Hall–Kier alpha value is -2.91. The molecule has 2 aromatic carbocycles. The number of nitrogens with one attached hydrogen (secondary N) is 3. The van der Waals surface area contributed by atoms with E-state index in [4.69, 9.17) is 0 Å². The van der Waals surface area contributed by atoms with Crippen LogP contribution in [0.3, 0.4) is 0 Å². The molecule has 0 bridgehead atoms. The van der Waals surface area contributed by atoms with Crippen molar-refractivity contribution in [1.82, 2.24) is 20.3 Å². The van der Waals surface area contributed by atoms with Crippen molar-refractivity contribution >= 4 is 22.0 Å². The van der Waals surface area contributed by atoms with E-state index < -0.39 is 10.0 Å². The van der Waals surface area contributed by atoms with Crippen LogP contribution in [0, 0.1) is 0 Å². The number of hydrogen-bond acceptors (Lipinski definition) is 4. The highest BCUT2D eigenvalue weighted by Crippen LogP contribution is 2.08. The first-order chi connectivity index (χ1) is 14.3. The van der Waals surface area contributed by atoms with Crippen molar-refractivity contribution in [2.75, 3.05) is 20.6 Å². The van der Waals surface area contributed by atoms with Crippen LogP contribution in [0.1, 0.15) is 23.1 Å². The minimum absolute atomic E-state index is 0.0887. The zero-order valence-electron chi connectivity index (χ0n) is 17.2. The van der Waals surface area contributed by atoms with E-state index in [0.29, 0.717) is 18.7 Å². The molecule has 3 N–H and O–H groups in total. The Kier molecular flexibility index (Phi) is 8.82. The summed E-state index contributed by atoms with van der Waals surface area (Å²) < 4.78 is 25.4. The molecule has 0 atom stereocenters. The summed E-state index contributed by atoms with van der Waals surface area (Å²) in [6.45, 7) is 1.06. The number of rotatable bonds is 10. The monoisotopic (exact) mass is 432 g/mol. The van der Waals surface area contributed by atoms with Crippen molar-refractivity contribution < 1.29 is 18.0 Å². The Bertz CT molecular complexity index is 931. The molecule has 0 spiro atoms. The fraction of sp³-hybridized carbons (Fsp3) is 0.333. The maximum Gasteiger partial charge on any atom is 0.317 e. The van der Waals surface area contributed by atoms with Crippen molar-refractivity contribution in [3.63, 3.8) is 0 Å². The van der Waals surface area contributed by atoms with E-state index in [2.05, 4.69) is 15.4 Å². The fourth-order valence-electron chi connectivity index (χ4n) is 2.68. The molecule has 3 amide bonds. The van der Waals surface area contributed by atoms with Crippen LogP contribution in [0.5, 0.6) is 0 Å². The van der Waals surface area contributed by atoms with Gasteiger partial charge in [0.1, 0.15) is 0 Å². The van der Waals surface area contributed by atoms with Crippen molar-refractivity contribution in [1.29, 1.82) is 0 Å². The van der Waals surface area contributed by atoms with Gasteiger partial charge in [-0.05, 0) is 23.7 Å². The molecule has 2 aromatic rings. The van der Waals surface area contributed by atoms with E-state index in [0.717, 1.165) is 11.1 Å². The van der Waals surface area contributed by atoms with Crippen LogP contribution in [0.2, 0.25) is 0 Å². The van der Waals surface area contributed by atoms with Crippen LogP contribution in [-0.4, -0.2) is 45.9 Å². The van der Waals surface area contributed by atoms with Gasteiger partial charge in [-0.25, -0.2) is 17.9 Å². The molecule has 0 heterocycles. The second-order valence-corrected chi connectivity index (χ2v) is 8.81. The SMILES string of the molecule is CNS(=O)(=O)Cc1ccc(CNC(=O)CCNC(=O)N(C)Cc2ccccc2)cc1. The molecule has 0 saturated heterocycles. The summed E-state index contributed by atoms with van der Waals surface area (Å²) in [5.74, 6) is -0.267. The minimum atomic E-state index is -3.31. The van der Waals surface area contributed by atoms with E-state index >= 15 is 0 Å². The lowest BCUT2D eigenvalue weighted by Gasteiger charge is -2.18. The number of carbonyl (C=O) groups is 2. The largest absolute Gasteiger partial charge is 0.352 e. The summed E-state index contributed by atoms with van der Waals surface area (Å²) >= 11 is 0. The average molecular weight is 433 g/mol. The topological polar surface area (TPSA) is 108 Å². The van der Waals surface area contributed by atoms with Crippen molar-refractivity contribution in [3.8, 4) is 0 Å². The Labute approximate surface area is 177 Å². The van der Waals surface area contributed by atoms with Gasteiger partial charge in [-0.3, -0.25) is 4.79 Å². The number of carbonyl (C=O) groups excluding carboxylic acids is 2. The van der Waals surface area contributed by atoms with Gasteiger partial charge in [-0.1, -0.05) is 54.6 Å². The summed E-state index contributed by atoms with van der Waals surface area (Å²) in [5, 5.41) is 5.52. The first-order valence-electron chi connectivity index (χ1n) is 9.57. The fourth-order valence-corrected chi connectivity index (χ4v) is 3.46. The van der Waals surface area contributed by atoms with Crippen LogP contribution in [0.4, 0.5) is 4.79 Å². The van der Waals surface area contributed by atoms with Crippen LogP contribution < -0.4 is 15.4 Å². The predicted molar refractivity (Wildman–Crippen MR) is 116 cm³/mol. The Morgan fingerprint density at radius 3 is 2.17 bits per heavy atom. The third-order valence-corrected chi connectivity index (χ3v) is 5.75. The first-order valence-corrected chi connectivity index (χ1v) is 11.2. The highest BCUT2D eigenvalue weighted by molar-refractivity contribution is 7.88. The van der Waals surface area contributed by atoms with Crippen LogP contribution in [-0.2, 0) is 33.7 Å². The maximum absolute atomic E-state index is 12.1. The van der Waals surface area contributed by atoms with Gasteiger partial charge in [0.15, 0.2) is 0 Å². The van der Waals surface area contributed by atoms with Gasteiger partial charge in [0.05, 0.1) is 5.75 Å². The second-order valence-electron chi connectivity index (χ2n) is 6.88. The van der Waals surface area contributed by atoms with Gasteiger partial charge in [0.25, 0.3) is 0 Å². The molecule has 9 heteroatoms. The molecule has 0 aromatic heterocycles. The van der Waals surface area contributed by atoms with Gasteiger partial charge in [0.2, 0.25) is 15.9 Å². The normalized spacial score (nSPS) is 11.0. The smallest absolute Gasteiger partial charge is 0.317 e. The molecule has 0 fully saturated rings. The van der Waals surface area contributed by atoms with E-state index in [-0.39, 0.29) is 30.7 Å². The highest BCUT2D eigenvalue weighted by atomic mass is 32.2. The number of amides is 3. The second kappa shape index (κ2) is 11.3. The summed E-state index contributed by atoms with van der Waals surface area (Å²) in [6.07, 6.45) is 0.170. The molecule has 162 valence electrons. The molecule has 0 saturated carbocycles. The Morgan fingerprint density at radius 2 is 1.53 bits per heavy atom. The van der Waals surface area contributed by atoms with Gasteiger partial charge in [-0.15, -0.1) is 0 Å². The van der Waals surface area contributed by atoms with Gasteiger partial charge >= 0.3 is 6.03 Å². The maximum atomic E-state index is 12.1. The lowest BCUT2D eigenvalue weighted by molar-refractivity contribution is -0.121. The zero-order valence-corrected chi connectivity index (χ0v) is 18.0. The Morgan fingerprint density at radius 1 is 0.900 bits per heavy atom. The number of urea groups is 1. The van der Waals surface area contributed by atoms with E-state index in [9.17, 15) is 18.0 Å². The molecule has 0 aliphatic heterocycles. The molecule has 2 rings (SSSR count). The van der Waals surface area contributed by atoms with Crippen LogP contribution in [0.25, 0.3) is 0 Å². The summed E-state index contributed by atoms with van der Waals surface area (Å²) in [5.41, 5.74) is 2.56. The van der Waals surface area contributed by atoms with E-state index in [1.54, 1.807) is 36.2 Å². The number of nitrogens with zero attached hydrogens (tertiary/aromatic N) is 1. The van der Waals surface area contributed by atoms with Crippen molar-refractivity contribution in [2.24, 2.45) is 0 Å². The summed E-state index contributed by atoms with van der Waals surface area (Å²) in [4.78, 5) is 25.6. The molecule has 0 radical (unpaired) electrons. The van der Waals surface area contributed by atoms with Gasteiger partial charge < -0.3 is 15.5 Å². The third-order valence-electron chi connectivity index (χ3n) is 4.42. The summed E-state index contributed by atoms with van der Waals surface area (Å²) in [6, 6.07) is 16.4.